The minimum atomic E-state index is -0.931. The van der Waals surface area contributed by atoms with Crippen LogP contribution >= 0.6 is 22.6 Å². The van der Waals surface area contributed by atoms with Gasteiger partial charge in [-0.2, -0.15) is 0 Å². The van der Waals surface area contributed by atoms with Gasteiger partial charge in [0, 0.05) is 3.42 Å². The first-order valence-electron chi connectivity index (χ1n) is 4.05. The average Bonchev–Trinajstić information content (AvgIpc) is 2.04. The lowest BCUT2D eigenvalue weighted by Gasteiger charge is -2.25. The van der Waals surface area contributed by atoms with Crippen LogP contribution in [0.5, 0.6) is 0 Å². The summed E-state index contributed by atoms with van der Waals surface area (Å²) in [6, 6.07) is -0.770. The number of hydrogen-bond acceptors (Lipinski definition) is 2. The van der Waals surface area contributed by atoms with Gasteiger partial charge in [0.25, 0.3) is 0 Å². The molecule has 1 aliphatic carbocycles. The highest BCUT2D eigenvalue weighted by Crippen LogP contribution is 2.32. The zero-order valence-corrected chi connectivity index (χ0v) is 9.27. The normalized spacial score (nSPS) is 28.8. The van der Waals surface area contributed by atoms with Crippen LogP contribution in [0.2, 0.25) is 0 Å². The minimum absolute atomic E-state index is 0.121. The Bertz CT molecular complexity index is 262. The number of nitrogens with two attached hydrogens (primary N) is 1. The van der Waals surface area contributed by atoms with Crippen molar-refractivity contribution in [2.75, 3.05) is 0 Å². The number of halogens is 1. The van der Waals surface area contributed by atoms with Crippen molar-refractivity contribution < 1.29 is 9.90 Å². The fourth-order valence-electron chi connectivity index (χ4n) is 1.24. The Morgan fingerprint density at radius 3 is 2.85 bits per heavy atom. The van der Waals surface area contributed by atoms with Crippen LogP contribution in [-0.4, -0.2) is 20.5 Å². The Hall–Kier alpha value is -0.360. The molecule has 1 rings (SSSR count). The van der Waals surface area contributed by atoms with Crippen LogP contribution in [-0.2, 0) is 4.79 Å². The van der Waals surface area contributed by atoms with Gasteiger partial charge in [-0.05, 0) is 12.8 Å². The molecule has 0 radical (unpaired) electrons. The first-order valence-corrected chi connectivity index (χ1v) is 5.13. The van der Waals surface area contributed by atoms with Gasteiger partial charge in [-0.3, -0.25) is 4.79 Å². The SMILES string of the molecule is NC(CC1(I)C=CC=CC1)C(=O)O. The number of aliphatic carboxylic acids is 1. The first kappa shape index (κ1) is 10.7. The number of carboxylic acid groups (broad SMARTS) is 1. The van der Waals surface area contributed by atoms with E-state index in [1.165, 1.54) is 0 Å². The Labute approximate surface area is 90.8 Å². The topological polar surface area (TPSA) is 63.3 Å². The van der Waals surface area contributed by atoms with Crippen LogP contribution in [0, 0.1) is 0 Å². The molecule has 3 N–H and O–H groups in total. The highest BCUT2D eigenvalue weighted by molar-refractivity contribution is 14.1. The molecular weight excluding hydrogens is 281 g/mol. The van der Waals surface area contributed by atoms with Gasteiger partial charge in [0.2, 0.25) is 0 Å². The molecule has 3 nitrogen and oxygen atoms in total. The van der Waals surface area contributed by atoms with Crippen molar-refractivity contribution in [3.05, 3.63) is 24.3 Å². The minimum Gasteiger partial charge on any atom is -0.480 e. The number of carboxylic acids is 1. The molecule has 0 aromatic rings. The Morgan fingerprint density at radius 2 is 2.38 bits per heavy atom. The van der Waals surface area contributed by atoms with E-state index < -0.39 is 12.0 Å². The van der Waals surface area contributed by atoms with E-state index in [2.05, 4.69) is 22.6 Å². The number of rotatable bonds is 3. The van der Waals surface area contributed by atoms with Crippen LogP contribution < -0.4 is 5.73 Å². The molecule has 4 heteroatoms. The van der Waals surface area contributed by atoms with Gasteiger partial charge in [-0.15, -0.1) is 0 Å². The average molecular weight is 293 g/mol. The summed E-state index contributed by atoms with van der Waals surface area (Å²) in [7, 11) is 0. The van der Waals surface area contributed by atoms with Crippen molar-refractivity contribution in [3.8, 4) is 0 Å². The Balaban J connectivity index is 2.57. The van der Waals surface area contributed by atoms with Crippen molar-refractivity contribution in [1.29, 1.82) is 0 Å². The summed E-state index contributed by atoms with van der Waals surface area (Å²) < 4.78 is -0.121. The van der Waals surface area contributed by atoms with Gasteiger partial charge < -0.3 is 10.8 Å². The smallest absolute Gasteiger partial charge is 0.320 e. The van der Waals surface area contributed by atoms with Crippen molar-refractivity contribution in [2.45, 2.75) is 22.3 Å². The number of carbonyl (C=O) groups is 1. The maximum atomic E-state index is 10.5. The fraction of sp³-hybridized carbons (Fsp3) is 0.444. The van der Waals surface area contributed by atoms with E-state index in [-0.39, 0.29) is 3.42 Å². The fourth-order valence-corrected chi connectivity index (χ4v) is 2.18. The van der Waals surface area contributed by atoms with Crippen LogP contribution in [0.3, 0.4) is 0 Å². The summed E-state index contributed by atoms with van der Waals surface area (Å²) in [6.45, 7) is 0. The molecule has 0 aromatic carbocycles. The van der Waals surface area contributed by atoms with Gasteiger partial charge in [-0.25, -0.2) is 0 Å². The van der Waals surface area contributed by atoms with Crippen LogP contribution in [0.15, 0.2) is 24.3 Å². The van der Waals surface area contributed by atoms with Crippen molar-refractivity contribution in [1.82, 2.24) is 0 Å². The lowest BCUT2D eigenvalue weighted by molar-refractivity contribution is -0.138. The van der Waals surface area contributed by atoms with E-state index >= 15 is 0 Å². The molecule has 0 heterocycles. The standard InChI is InChI=1S/C9H12INO2/c10-9(4-2-1-3-5-9)6-7(11)8(12)13/h1-4,7H,5-6,11H2,(H,12,13). The maximum absolute atomic E-state index is 10.5. The zero-order valence-electron chi connectivity index (χ0n) is 7.11. The molecule has 13 heavy (non-hydrogen) atoms. The van der Waals surface area contributed by atoms with Crippen LogP contribution in [0.25, 0.3) is 0 Å². The molecule has 0 spiro atoms. The van der Waals surface area contributed by atoms with Crippen LogP contribution in [0.4, 0.5) is 0 Å². The predicted octanol–water partition coefficient (Wildman–Crippen LogP) is 1.48. The van der Waals surface area contributed by atoms with Crippen molar-refractivity contribution in [2.24, 2.45) is 5.73 Å². The molecule has 0 amide bonds. The highest BCUT2D eigenvalue weighted by atomic mass is 127. The summed E-state index contributed by atoms with van der Waals surface area (Å²) >= 11 is 2.26. The number of allylic oxidation sites excluding steroid dienone is 4. The lowest BCUT2D eigenvalue weighted by atomic mass is 9.93. The molecule has 0 aromatic heterocycles. The van der Waals surface area contributed by atoms with Gasteiger partial charge >= 0.3 is 5.97 Å². The monoisotopic (exact) mass is 293 g/mol. The third-order valence-corrected chi connectivity index (χ3v) is 3.22. The van der Waals surface area contributed by atoms with E-state index in [9.17, 15) is 4.79 Å². The summed E-state index contributed by atoms with van der Waals surface area (Å²) in [5, 5.41) is 8.66. The van der Waals surface area contributed by atoms with Gasteiger partial charge in [0.1, 0.15) is 6.04 Å². The molecule has 0 aliphatic heterocycles. The summed E-state index contributed by atoms with van der Waals surface area (Å²) in [4.78, 5) is 10.5. The summed E-state index contributed by atoms with van der Waals surface area (Å²) in [6.07, 6.45) is 9.26. The first-order chi connectivity index (χ1) is 6.03. The lowest BCUT2D eigenvalue weighted by Crippen LogP contribution is -2.37. The molecule has 0 saturated carbocycles. The third-order valence-electron chi connectivity index (χ3n) is 1.98. The van der Waals surface area contributed by atoms with E-state index in [1.807, 2.05) is 24.3 Å². The second-order valence-corrected chi connectivity index (χ2v) is 5.32. The Kier molecular flexibility index (Phi) is 3.49. The number of hydrogen-bond donors (Lipinski definition) is 2. The van der Waals surface area contributed by atoms with Crippen molar-refractivity contribution in [3.63, 3.8) is 0 Å². The second-order valence-electron chi connectivity index (χ2n) is 3.17. The second kappa shape index (κ2) is 4.23. The van der Waals surface area contributed by atoms with Gasteiger partial charge in [0.15, 0.2) is 0 Å². The van der Waals surface area contributed by atoms with E-state index in [0.717, 1.165) is 6.42 Å². The van der Waals surface area contributed by atoms with Crippen LogP contribution in [0.1, 0.15) is 12.8 Å². The zero-order chi connectivity index (χ0) is 9.90. The van der Waals surface area contributed by atoms with Crippen molar-refractivity contribution >= 4 is 28.6 Å². The molecule has 0 saturated heterocycles. The summed E-state index contributed by atoms with van der Waals surface area (Å²) in [5.74, 6) is -0.931. The quantitative estimate of drug-likeness (QED) is 0.612. The highest BCUT2D eigenvalue weighted by Gasteiger charge is 2.28. The van der Waals surface area contributed by atoms with E-state index in [0.29, 0.717) is 6.42 Å². The Morgan fingerprint density at radius 1 is 1.69 bits per heavy atom. The van der Waals surface area contributed by atoms with Gasteiger partial charge in [-0.1, -0.05) is 46.9 Å². The van der Waals surface area contributed by atoms with E-state index in [4.69, 9.17) is 10.8 Å². The summed E-state index contributed by atoms with van der Waals surface area (Å²) in [5.41, 5.74) is 5.47. The predicted molar refractivity (Wildman–Crippen MR) is 59.9 cm³/mol. The van der Waals surface area contributed by atoms with Gasteiger partial charge in [0.05, 0.1) is 0 Å². The third kappa shape index (κ3) is 3.11. The molecule has 0 fully saturated rings. The molecule has 2 unspecified atom stereocenters. The molecular formula is C9H12INO2. The number of alkyl halides is 1. The molecule has 1 aliphatic rings. The van der Waals surface area contributed by atoms with E-state index in [1.54, 1.807) is 0 Å². The largest absolute Gasteiger partial charge is 0.480 e. The molecule has 2 atom stereocenters. The molecule has 0 bridgehead atoms. The maximum Gasteiger partial charge on any atom is 0.320 e. The molecule has 72 valence electrons.